The fourth-order valence-electron chi connectivity index (χ4n) is 8.99. The number of carbonyl (C=O) groups excluding carboxylic acids is 3. The Bertz CT molecular complexity index is 4640. The molecule has 0 unspecified atom stereocenters. The number of H-pyrrole nitrogens is 1. The summed E-state index contributed by atoms with van der Waals surface area (Å²) in [5.41, 5.74) is 11.4. The van der Waals surface area contributed by atoms with Crippen LogP contribution in [0.1, 0.15) is 56.9 Å². The highest BCUT2D eigenvalue weighted by Crippen LogP contribution is 2.30. The quantitative estimate of drug-likeness (QED) is 0.0387. The second-order valence-corrected chi connectivity index (χ2v) is 18.7. The summed E-state index contributed by atoms with van der Waals surface area (Å²) in [7, 11) is 0. The molecule has 3 amide bonds. The predicted octanol–water partition coefficient (Wildman–Crippen LogP) is 11.3. The lowest BCUT2D eigenvalue weighted by molar-refractivity contribution is -0.120. The summed E-state index contributed by atoms with van der Waals surface area (Å²) >= 11 is 0. The van der Waals surface area contributed by atoms with Gasteiger partial charge in [0.25, 0.3) is 11.8 Å². The SMILES string of the molecule is C/C(=N\NC(=O)Cc1cc2ccccc2[nH]1)c1ccc2ccccc2c1O.C/C(=N\NC(=O)c1cc2ccccc2cc1O)c1cc2ccccc2oc1=O.O=C(N/N=C/c1coc2ccccc2c1=O)c1cc2ccccc2cc1O. The minimum atomic E-state index is -0.584. The average Bonchev–Trinajstić information content (AvgIpc) is 4.11. The van der Waals surface area contributed by atoms with E-state index in [2.05, 4.69) is 36.6 Å². The highest BCUT2D eigenvalue weighted by atomic mass is 16.4. The molecule has 82 heavy (non-hydrogen) atoms. The Labute approximate surface area is 465 Å². The fourth-order valence-corrected chi connectivity index (χ4v) is 8.99. The van der Waals surface area contributed by atoms with Gasteiger partial charge in [0.15, 0.2) is 0 Å². The Morgan fingerprint density at radius 2 is 1.02 bits per heavy atom. The molecule has 17 nitrogen and oxygen atoms in total. The zero-order valence-electron chi connectivity index (χ0n) is 43.9. The van der Waals surface area contributed by atoms with Crippen molar-refractivity contribution in [3.8, 4) is 17.2 Å². The number of carbonyl (C=O) groups is 3. The van der Waals surface area contributed by atoms with Crippen LogP contribution in [0.25, 0.3) is 65.2 Å². The van der Waals surface area contributed by atoms with Gasteiger partial charge >= 0.3 is 5.63 Å². The third-order valence-electron chi connectivity index (χ3n) is 13.2. The summed E-state index contributed by atoms with van der Waals surface area (Å²) in [4.78, 5) is 64.8. The number of nitrogens with zero attached hydrogens (tertiary/aromatic N) is 3. The lowest BCUT2D eigenvalue weighted by Crippen LogP contribution is -2.21. The number of aromatic amines is 1. The number of amides is 3. The number of hydrogen-bond donors (Lipinski definition) is 7. The van der Waals surface area contributed by atoms with Crippen LogP contribution in [0.5, 0.6) is 17.2 Å². The summed E-state index contributed by atoms with van der Waals surface area (Å²) in [6.07, 6.45) is 2.71. The Balaban J connectivity index is 0.000000138. The largest absolute Gasteiger partial charge is 0.507 e. The number of benzene rings is 9. The van der Waals surface area contributed by atoms with Crippen molar-refractivity contribution in [2.75, 3.05) is 0 Å². The van der Waals surface area contributed by atoms with Crippen LogP contribution in [0.15, 0.2) is 234 Å². The molecule has 12 aromatic rings. The lowest BCUT2D eigenvalue weighted by Gasteiger charge is -2.08. The first kappa shape index (κ1) is 53.9. The summed E-state index contributed by atoms with van der Waals surface area (Å²) in [6, 6.07) is 57.8. The van der Waals surface area contributed by atoms with Crippen molar-refractivity contribution in [1.29, 1.82) is 0 Å². The van der Waals surface area contributed by atoms with Gasteiger partial charge < -0.3 is 29.1 Å². The van der Waals surface area contributed by atoms with Crippen molar-refractivity contribution >= 4 is 101 Å². The molecule has 3 heterocycles. The summed E-state index contributed by atoms with van der Waals surface area (Å²) in [6.45, 7) is 3.36. The van der Waals surface area contributed by atoms with E-state index >= 15 is 0 Å². The van der Waals surface area contributed by atoms with E-state index in [-0.39, 0.29) is 57.3 Å². The molecule has 0 saturated heterocycles. The number of hydrazone groups is 3. The lowest BCUT2D eigenvalue weighted by atomic mass is 10.0. The molecule has 0 spiro atoms. The highest BCUT2D eigenvalue weighted by Gasteiger charge is 2.16. The number of aromatic hydroxyl groups is 3. The van der Waals surface area contributed by atoms with E-state index in [1.54, 1.807) is 74.5 Å². The maximum absolute atomic E-state index is 12.5. The highest BCUT2D eigenvalue weighted by molar-refractivity contribution is 6.07. The summed E-state index contributed by atoms with van der Waals surface area (Å²) in [5.74, 6) is -1.51. The molecule has 7 N–H and O–H groups in total. The first-order valence-electron chi connectivity index (χ1n) is 25.5. The van der Waals surface area contributed by atoms with Crippen LogP contribution < -0.4 is 27.3 Å². The summed E-state index contributed by atoms with van der Waals surface area (Å²) < 4.78 is 10.7. The minimum absolute atomic E-state index is 0.0939. The molecule has 12 rings (SSSR count). The molecule has 0 atom stereocenters. The van der Waals surface area contributed by atoms with Crippen molar-refractivity contribution in [3.05, 3.63) is 255 Å². The van der Waals surface area contributed by atoms with Gasteiger partial charge in [0, 0.05) is 27.5 Å². The smallest absolute Gasteiger partial charge is 0.345 e. The van der Waals surface area contributed by atoms with Gasteiger partial charge in [0.1, 0.15) is 34.7 Å². The van der Waals surface area contributed by atoms with E-state index < -0.39 is 17.4 Å². The van der Waals surface area contributed by atoms with E-state index in [0.29, 0.717) is 33.5 Å². The van der Waals surface area contributed by atoms with E-state index in [0.717, 1.165) is 54.3 Å². The number of fused-ring (bicyclic) bond motifs is 6. The number of aromatic nitrogens is 1. The Kier molecular flexibility index (Phi) is 15.8. The Morgan fingerprint density at radius 3 is 1.68 bits per heavy atom. The molecule has 3 aromatic heterocycles. The van der Waals surface area contributed by atoms with Gasteiger partial charge in [0.2, 0.25) is 11.3 Å². The van der Waals surface area contributed by atoms with Crippen LogP contribution in [0.2, 0.25) is 0 Å². The second kappa shape index (κ2) is 24.1. The standard InChI is InChI=1S/C22H19N3O2.C22H16N2O4.C21H14N2O4/c1-14(18-11-10-15-6-2-4-8-19(15)22(18)27)24-25-21(26)13-17-12-16-7-3-5-9-20(16)23-17;1-13(17-11-16-8-4-5-9-20(16)28-22(17)27)23-24-21(26)18-10-14-6-2-3-7-15(14)12-19(18)25;24-18-10-14-6-2-1-5-13(14)9-17(18)21(26)23-22-11-15-12-27-19-8-4-3-7-16(19)20(15)25/h2-12,23,27H,13H2,1H3,(H,25,26);2-12,25H,1H3,(H,24,26);1-12,24H,(H,23,26)/b24-14+;23-13+;22-11+. The van der Waals surface area contributed by atoms with Crippen molar-refractivity contribution in [1.82, 2.24) is 21.3 Å². The molecule has 0 radical (unpaired) electrons. The van der Waals surface area contributed by atoms with E-state index in [1.807, 2.05) is 121 Å². The van der Waals surface area contributed by atoms with Crippen molar-refractivity contribution in [2.24, 2.45) is 15.3 Å². The number of rotatable bonds is 10. The normalized spacial score (nSPS) is 11.6. The first-order chi connectivity index (χ1) is 39.8. The molecular formula is C65H49N7O10. The van der Waals surface area contributed by atoms with Crippen LogP contribution in [0, 0.1) is 0 Å². The second-order valence-electron chi connectivity index (χ2n) is 18.7. The number of para-hydroxylation sites is 3. The maximum atomic E-state index is 12.5. The molecular weight excluding hydrogens is 1040 g/mol. The fraction of sp³-hybridized carbons (Fsp3) is 0.0462. The third kappa shape index (κ3) is 12.1. The van der Waals surface area contributed by atoms with Gasteiger partial charge in [-0.2, -0.15) is 15.3 Å². The van der Waals surface area contributed by atoms with Crippen molar-refractivity contribution in [3.63, 3.8) is 0 Å². The molecule has 0 aliphatic carbocycles. The average molecular weight is 1090 g/mol. The molecule has 0 aliphatic rings. The molecule has 17 heteroatoms. The molecule has 0 bridgehead atoms. The number of hydrogen-bond acceptors (Lipinski definition) is 13. The third-order valence-corrected chi connectivity index (χ3v) is 13.2. The van der Waals surface area contributed by atoms with E-state index in [9.17, 15) is 39.3 Å². The first-order valence-corrected chi connectivity index (χ1v) is 25.5. The van der Waals surface area contributed by atoms with Gasteiger partial charge in [-0.25, -0.2) is 21.1 Å². The molecule has 0 fully saturated rings. The van der Waals surface area contributed by atoms with Crippen LogP contribution >= 0.6 is 0 Å². The van der Waals surface area contributed by atoms with Crippen LogP contribution in [-0.4, -0.2) is 55.7 Å². The van der Waals surface area contributed by atoms with Gasteiger partial charge in [-0.1, -0.05) is 127 Å². The Morgan fingerprint density at radius 1 is 0.512 bits per heavy atom. The van der Waals surface area contributed by atoms with Gasteiger partial charge in [-0.3, -0.25) is 19.2 Å². The Hall–Kier alpha value is -11.5. The minimum Gasteiger partial charge on any atom is -0.507 e. The van der Waals surface area contributed by atoms with Crippen molar-refractivity contribution in [2.45, 2.75) is 20.3 Å². The van der Waals surface area contributed by atoms with E-state index in [4.69, 9.17) is 8.83 Å². The summed E-state index contributed by atoms with van der Waals surface area (Å²) in [5, 5.41) is 50.0. The molecule has 0 aliphatic heterocycles. The molecule has 404 valence electrons. The zero-order chi connectivity index (χ0) is 57.3. The topological polar surface area (TPSA) is 261 Å². The maximum Gasteiger partial charge on any atom is 0.345 e. The van der Waals surface area contributed by atoms with Crippen LogP contribution in [-0.2, 0) is 11.2 Å². The number of phenols is 3. The van der Waals surface area contributed by atoms with Crippen molar-refractivity contribution < 1.29 is 38.5 Å². The van der Waals surface area contributed by atoms with Crippen LogP contribution in [0.3, 0.4) is 0 Å². The van der Waals surface area contributed by atoms with Gasteiger partial charge in [-0.15, -0.1) is 0 Å². The predicted molar refractivity (Wildman–Crippen MR) is 319 cm³/mol. The van der Waals surface area contributed by atoms with E-state index in [1.165, 1.54) is 24.6 Å². The molecule has 0 saturated carbocycles. The van der Waals surface area contributed by atoms with Crippen LogP contribution in [0.4, 0.5) is 0 Å². The number of phenolic OH excluding ortho intramolecular Hbond substituents is 3. The van der Waals surface area contributed by atoms with Gasteiger partial charge in [-0.05, 0) is 113 Å². The zero-order valence-corrected chi connectivity index (χ0v) is 43.9. The van der Waals surface area contributed by atoms with Gasteiger partial charge in [0.05, 0.1) is 51.7 Å². The number of nitrogens with one attached hydrogen (secondary N) is 4. The monoisotopic (exact) mass is 1090 g/mol. The molecule has 9 aromatic carbocycles.